The first-order valence-corrected chi connectivity index (χ1v) is 6.58. The molecule has 1 saturated carbocycles. The fraction of sp³-hybridized carbons (Fsp3) is 0.500. The molecule has 2 N–H and O–H groups in total. The number of hydrogen-bond donors (Lipinski definition) is 1. The van der Waals surface area contributed by atoms with Gasteiger partial charge in [-0.15, -0.1) is 12.4 Å². The topological polar surface area (TPSA) is 69.2 Å². The van der Waals surface area contributed by atoms with Gasteiger partial charge in [0, 0.05) is 12.1 Å². The van der Waals surface area contributed by atoms with Gasteiger partial charge in [-0.25, -0.2) is 0 Å². The van der Waals surface area contributed by atoms with Crippen molar-refractivity contribution >= 4 is 34.0 Å². The van der Waals surface area contributed by atoms with E-state index in [0.29, 0.717) is 10.4 Å². The molecule has 18 heavy (non-hydrogen) atoms. The highest BCUT2D eigenvalue weighted by atomic mass is 79.9. The summed E-state index contributed by atoms with van der Waals surface area (Å²) in [6.07, 6.45) is 4.70. The van der Waals surface area contributed by atoms with Crippen LogP contribution in [0.25, 0.3) is 0 Å². The van der Waals surface area contributed by atoms with Crippen molar-refractivity contribution in [3.63, 3.8) is 0 Å². The first-order chi connectivity index (χ1) is 8.09. The molecular formula is C12H16BrClN2O2. The minimum Gasteiger partial charge on any atom is -0.324 e. The summed E-state index contributed by atoms with van der Waals surface area (Å²) >= 11 is 3.18. The van der Waals surface area contributed by atoms with Crippen molar-refractivity contribution in [2.75, 3.05) is 0 Å². The Kier molecular flexibility index (Phi) is 5.56. The van der Waals surface area contributed by atoms with Crippen LogP contribution in [0.2, 0.25) is 0 Å². The maximum absolute atomic E-state index is 10.9. The van der Waals surface area contributed by atoms with Gasteiger partial charge in [0.15, 0.2) is 0 Å². The summed E-state index contributed by atoms with van der Waals surface area (Å²) in [6, 6.07) is 5.10. The van der Waals surface area contributed by atoms with Gasteiger partial charge >= 0.3 is 0 Å². The standard InChI is InChI=1S/C12H15BrN2O2.ClH/c13-10-6-5-9(7-11(10)15(16)17)12(14)8-3-1-2-4-8;/h5-8,12H,1-4,14H2;1H/t12-;/m1./s1. The van der Waals surface area contributed by atoms with Crippen molar-refractivity contribution < 1.29 is 4.92 Å². The molecule has 1 aromatic rings. The van der Waals surface area contributed by atoms with Gasteiger partial charge in [-0.3, -0.25) is 10.1 Å². The van der Waals surface area contributed by atoms with Crippen LogP contribution in [0.3, 0.4) is 0 Å². The van der Waals surface area contributed by atoms with Gasteiger partial charge in [0.05, 0.1) is 9.40 Å². The van der Waals surface area contributed by atoms with Gasteiger partial charge < -0.3 is 5.73 Å². The number of nitro benzene ring substituents is 1. The van der Waals surface area contributed by atoms with Crippen LogP contribution >= 0.6 is 28.3 Å². The normalized spacial score (nSPS) is 17.2. The lowest BCUT2D eigenvalue weighted by molar-refractivity contribution is -0.385. The summed E-state index contributed by atoms with van der Waals surface area (Å²) in [7, 11) is 0. The molecule has 0 aromatic heterocycles. The van der Waals surface area contributed by atoms with E-state index in [-0.39, 0.29) is 29.1 Å². The monoisotopic (exact) mass is 334 g/mol. The average molecular weight is 336 g/mol. The Morgan fingerprint density at radius 2 is 2.00 bits per heavy atom. The van der Waals surface area contributed by atoms with Crippen molar-refractivity contribution in [3.05, 3.63) is 38.3 Å². The van der Waals surface area contributed by atoms with Crippen LogP contribution in [0, 0.1) is 16.0 Å². The molecule has 0 amide bonds. The van der Waals surface area contributed by atoms with Crippen LogP contribution in [0.5, 0.6) is 0 Å². The molecule has 2 rings (SSSR count). The van der Waals surface area contributed by atoms with Crippen LogP contribution in [-0.4, -0.2) is 4.92 Å². The highest BCUT2D eigenvalue weighted by Crippen LogP contribution is 2.36. The van der Waals surface area contributed by atoms with E-state index in [9.17, 15) is 10.1 Å². The number of rotatable bonds is 3. The molecule has 0 heterocycles. The second-order valence-electron chi connectivity index (χ2n) is 4.54. The van der Waals surface area contributed by atoms with Crippen LogP contribution in [0.15, 0.2) is 22.7 Å². The third-order valence-corrected chi connectivity index (χ3v) is 4.13. The molecule has 0 bridgehead atoms. The predicted molar refractivity (Wildman–Crippen MR) is 76.9 cm³/mol. The fourth-order valence-electron chi connectivity index (χ4n) is 2.47. The molecule has 1 fully saturated rings. The Labute approximate surface area is 121 Å². The van der Waals surface area contributed by atoms with Gasteiger partial charge in [-0.1, -0.05) is 18.9 Å². The summed E-state index contributed by atoms with van der Waals surface area (Å²) in [6.45, 7) is 0. The zero-order valence-corrected chi connectivity index (χ0v) is 12.2. The number of benzene rings is 1. The van der Waals surface area contributed by atoms with Gasteiger partial charge in [0.25, 0.3) is 5.69 Å². The van der Waals surface area contributed by atoms with Crippen molar-refractivity contribution in [3.8, 4) is 0 Å². The highest BCUT2D eigenvalue weighted by Gasteiger charge is 2.25. The fourth-order valence-corrected chi connectivity index (χ4v) is 2.86. The first kappa shape index (κ1) is 15.4. The summed E-state index contributed by atoms with van der Waals surface area (Å²) in [5.41, 5.74) is 7.14. The van der Waals surface area contributed by atoms with E-state index < -0.39 is 0 Å². The zero-order valence-electron chi connectivity index (χ0n) is 9.84. The third kappa shape index (κ3) is 3.22. The van der Waals surface area contributed by atoms with E-state index >= 15 is 0 Å². The van der Waals surface area contributed by atoms with Crippen LogP contribution in [-0.2, 0) is 0 Å². The van der Waals surface area contributed by atoms with Crippen molar-refractivity contribution in [1.29, 1.82) is 0 Å². The number of nitrogens with two attached hydrogens (primary N) is 1. The SMILES string of the molecule is Cl.N[C@@H](c1ccc(Br)c([N+](=O)[O-])c1)C1CCCC1. The molecule has 0 spiro atoms. The highest BCUT2D eigenvalue weighted by molar-refractivity contribution is 9.10. The lowest BCUT2D eigenvalue weighted by Gasteiger charge is -2.19. The quantitative estimate of drug-likeness (QED) is 0.671. The minimum atomic E-state index is -0.380. The zero-order chi connectivity index (χ0) is 12.4. The molecule has 100 valence electrons. The van der Waals surface area contributed by atoms with Gasteiger partial charge in [0.1, 0.15) is 0 Å². The maximum atomic E-state index is 10.9. The third-order valence-electron chi connectivity index (χ3n) is 3.46. The lowest BCUT2D eigenvalue weighted by Crippen LogP contribution is -2.19. The molecule has 0 saturated heterocycles. The largest absolute Gasteiger partial charge is 0.324 e. The molecule has 1 aliphatic carbocycles. The van der Waals surface area contributed by atoms with Crippen molar-refractivity contribution in [1.82, 2.24) is 0 Å². The van der Waals surface area contributed by atoms with E-state index in [0.717, 1.165) is 18.4 Å². The summed E-state index contributed by atoms with van der Waals surface area (Å²) in [5.74, 6) is 0.468. The van der Waals surface area contributed by atoms with E-state index in [1.807, 2.05) is 6.07 Å². The summed E-state index contributed by atoms with van der Waals surface area (Å²) < 4.78 is 0.505. The molecule has 4 nitrogen and oxygen atoms in total. The molecule has 1 aliphatic rings. The maximum Gasteiger partial charge on any atom is 0.283 e. The van der Waals surface area contributed by atoms with Gasteiger partial charge in [-0.05, 0) is 46.3 Å². The predicted octanol–water partition coefficient (Wildman–Crippen LogP) is 3.97. The molecule has 0 unspecified atom stereocenters. The van der Waals surface area contributed by atoms with E-state index in [1.54, 1.807) is 12.1 Å². The smallest absolute Gasteiger partial charge is 0.283 e. The summed E-state index contributed by atoms with van der Waals surface area (Å²) in [4.78, 5) is 10.5. The second-order valence-corrected chi connectivity index (χ2v) is 5.39. The van der Waals surface area contributed by atoms with E-state index in [1.165, 1.54) is 12.8 Å². The Balaban J connectivity index is 0.00000162. The van der Waals surface area contributed by atoms with E-state index in [2.05, 4.69) is 15.9 Å². The van der Waals surface area contributed by atoms with Crippen molar-refractivity contribution in [2.45, 2.75) is 31.7 Å². The molecule has 0 radical (unpaired) electrons. The minimum absolute atomic E-state index is 0. The van der Waals surface area contributed by atoms with Gasteiger partial charge in [-0.2, -0.15) is 0 Å². The molecule has 1 aromatic carbocycles. The molecule has 1 atom stereocenters. The average Bonchev–Trinajstić information content (AvgIpc) is 2.81. The Bertz CT molecular complexity index is 436. The second kappa shape index (κ2) is 6.50. The molecular weight excluding hydrogens is 320 g/mol. The Morgan fingerprint density at radius 3 is 2.56 bits per heavy atom. The Morgan fingerprint density at radius 1 is 1.39 bits per heavy atom. The van der Waals surface area contributed by atoms with Crippen LogP contribution < -0.4 is 5.73 Å². The van der Waals surface area contributed by atoms with Crippen molar-refractivity contribution in [2.24, 2.45) is 11.7 Å². The number of nitrogens with zero attached hydrogens (tertiary/aromatic N) is 1. The lowest BCUT2D eigenvalue weighted by atomic mass is 9.92. The first-order valence-electron chi connectivity index (χ1n) is 5.79. The molecule has 6 heteroatoms. The van der Waals surface area contributed by atoms with Crippen LogP contribution in [0.1, 0.15) is 37.3 Å². The Hall–Kier alpha value is -0.650. The van der Waals surface area contributed by atoms with Gasteiger partial charge in [0.2, 0.25) is 0 Å². The molecule has 0 aliphatic heterocycles. The summed E-state index contributed by atoms with van der Waals surface area (Å²) in [5, 5.41) is 10.9. The number of nitro groups is 1. The van der Waals surface area contributed by atoms with Crippen LogP contribution in [0.4, 0.5) is 5.69 Å². The van der Waals surface area contributed by atoms with E-state index in [4.69, 9.17) is 5.73 Å². The number of halogens is 2. The number of hydrogen-bond acceptors (Lipinski definition) is 3.